The van der Waals surface area contributed by atoms with E-state index in [0.717, 1.165) is 42.6 Å². The van der Waals surface area contributed by atoms with Crippen molar-refractivity contribution in [2.24, 2.45) is 0 Å². The van der Waals surface area contributed by atoms with Crippen LogP contribution < -0.4 is 14.8 Å². The molecule has 24 heavy (non-hydrogen) atoms. The zero-order valence-corrected chi connectivity index (χ0v) is 14.0. The molecule has 0 amide bonds. The monoisotopic (exact) mass is 326 g/mol. The summed E-state index contributed by atoms with van der Waals surface area (Å²) in [5.74, 6) is 1.34. The van der Waals surface area contributed by atoms with Crippen molar-refractivity contribution < 1.29 is 14.0 Å². The molecule has 0 fully saturated rings. The Kier molecular flexibility index (Phi) is 5.33. The Morgan fingerprint density at radius 3 is 2.54 bits per heavy atom. The summed E-state index contributed by atoms with van der Waals surface area (Å²) in [7, 11) is 3.24. The lowest BCUT2D eigenvalue weighted by Crippen LogP contribution is -2.15. The number of hydrogen-bond acceptors (Lipinski definition) is 5. The first-order valence-electron chi connectivity index (χ1n) is 8.06. The molecule has 0 aliphatic carbocycles. The second-order valence-corrected chi connectivity index (χ2v) is 5.60. The molecular weight excluding hydrogens is 304 g/mol. The molecule has 0 unspecified atom stereocenters. The molecule has 0 atom stereocenters. The smallest absolute Gasteiger partial charge is 0.171 e. The van der Waals surface area contributed by atoms with Gasteiger partial charge in [0.1, 0.15) is 0 Å². The van der Waals surface area contributed by atoms with E-state index in [4.69, 9.17) is 14.0 Å². The molecule has 0 saturated heterocycles. The Bertz CT molecular complexity index is 784. The Morgan fingerprint density at radius 1 is 1.04 bits per heavy atom. The molecule has 0 bridgehead atoms. The fraction of sp³-hybridized carbons (Fsp3) is 0.316. The van der Waals surface area contributed by atoms with Crippen LogP contribution in [0.4, 0.5) is 0 Å². The number of aromatic nitrogens is 1. The van der Waals surface area contributed by atoms with E-state index < -0.39 is 0 Å². The highest BCUT2D eigenvalue weighted by molar-refractivity contribution is 5.83. The summed E-state index contributed by atoms with van der Waals surface area (Å²) in [5, 5.41) is 8.62. The van der Waals surface area contributed by atoms with Crippen LogP contribution in [-0.2, 0) is 13.0 Å². The highest BCUT2D eigenvalue weighted by atomic mass is 16.5. The van der Waals surface area contributed by atoms with Crippen LogP contribution in [-0.4, -0.2) is 25.9 Å². The Hall–Kier alpha value is -2.53. The third-order valence-electron chi connectivity index (χ3n) is 3.99. The van der Waals surface area contributed by atoms with Gasteiger partial charge in [-0.05, 0) is 31.0 Å². The Labute approximate surface area is 141 Å². The number of aryl methyl sites for hydroxylation is 1. The molecule has 5 nitrogen and oxygen atoms in total. The maximum atomic E-state index is 5.41. The van der Waals surface area contributed by atoms with Crippen molar-refractivity contribution in [1.29, 1.82) is 0 Å². The van der Waals surface area contributed by atoms with Gasteiger partial charge in [0.15, 0.2) is 17.1 Å². The molecule has 1 aromatic heterocycles. The van der Waals surface area contributed by atoms with Crippen LogP contribution in [0, 0.1) is 0 Å². The van der Waals surface area contributed by atoms with E-state index in [9.17, 15) is 0 Å². The van der Waals surface area contributed by atoms with Gasteiger partial charge in [-0.3, -0.25) is 0 Å². The summed E-state index contributed by atoms with van der Waals surface area (Å²) in [6, 6.07) is 14.1. The molecule has 0 saturated carbocycles. The lowest BCUT2D eigenvalue weighted by Gasteiger charge is -2.07. The summed E-state index contributed by atoms with van der Waals surface area (Å²) in [6.45, 7) is 1.81. The number of rotatable bonds is 8. The molecule has 0 aliphatic heterocycles. The van der Waals surface area contributed by atoms with Gasteiger partial charge in [-0.2, -0.15) is 0 Å². The van der Waals surface area contributed by atoms with Gasteiger partial charge in [0, 0.05) is 18.0 Å². The fourth-order valence-corrected chi connectivity index (χ4v) is 2.70. The summed E-state index contributed by atoms with van der Waals surface area (Å²) in [5.41, 5.74) is 2.97. The third-order valence-corrected chi connectivity index (χ3v) is 3.99. The molecule has 2 aromatic carbocycles. The fourth-order valence-electron chi connectivity index (χ4n) is 2.70. The van der Waals surface area contributed by atoms with Crippen LogP contribution in [0.3, 0.4) is 0 Å². The van der Waals surface area contributed by atoms with Crippen molar-refractivity contribution in [3.05, 3.63) is 53.7 Å². The van der Waals surface area contributed by atoms with Crippen molar-refractivity contribution >= 4 is 11.0 Å². The van der Waals surface area contributed by atoms with Crippen LogP contribution in [0.1, 0.15) is 17.7 Å². The number of hydrogen-bond donors (Lipinski definition) is 1. The van der Waals surface area contributed by atoms with Gasteiger partial charge in [0.25, 0.3) is 0 Å². The molecule has 1 heterocycles. The van der Waals surface area contributed by atoms with E-state index in [1.165, 1.54) is 5.56 Å². The third kappa shape index (κ3) is 3.68. The lowest BCUT2D eigenvalue weighted by atomic mass is 10.1. The van der Waals surface area contributed by atoms with Gasteiger partial charge in [-0.25, -0.2) is 0 Å². The zero-order valence-electron chi connectivity index (χ0n) is 14.0. The molecule has 5 heteroatoms. The van der Waals surface area contributed by atoms with Gasteiger partial charge in [-0.15, -0.1) is 0 Å². The van der Waals surface area contributed by atoms with E-state index in [1.54, 1.807) is 14.2 Å². The van der Waals surface area contributed by atoms with E-state index in [-0.39, 0.29) is 0 Å². The molecule has 3 aromatic rings. The number of nitrogens with zero attached hydrogens (tertiary/aromatic N) is 1. The molecule has 126 valence electrons. The van der Waals surface area contributed by atoms with Crippen molar-refractivity contribution in [3.8, 4) is 11.5 Å². The van der Waals surface area contributed by atoms with E-state index in [0.29, 0.717) is 11.5 Å². The predicted octanol–water partition coefficient (Wildman–Crippen LogP) is 3.57. The van der Waals surface area contributed by atoms with Crippen LogP contribution >= 0.6 is 0 Å². The first kappa shape index (κ1) is 16.3. The van der Waals surface area contributed by atoms with Gasteiger partial charge >= 0.3 is 0 Å². The molecule has 1 N–H and O–H groups in total. The number of nitrogens with one attached hydrogen (secondary N) is 1. The van der Waals surface area contributed by atoms with Gasteiger partial charge in [-0.1, -0.05) is 35.5 Å². The lowest BCUT2D eigenvalue weighted by molar-refractivity contribution is 0.354. The summed E-state index contributed by atoms with van der Waals surface area (Å²) in [4.78, 5) is 0. The van der Waals surface area contributed by atoms with E-state index >= 15 is 0 Å². The van der Waals surface area contributed by atoms with Crippen molar-refractivity contribution in [3.63, 3.8) is 0 Å². The highest BCUT2D eigenvalue weighted by Gasteiger charge is 2.13. The predicted molar refractivity (Wildman–Crippen MR) is 93.6 cm³/mol. The topological polar surface area (TPSA) is 56.5 Å². The van der Waals surface area contributed by atoms with Crippen LogP contribution in [0.5, 0.6) is 11.5 Å². The van der Waals surface area contributed by atoms with Gasteiger partial charge in [0.05, 0.1) is 19.9 Å². The average molecular weight is 326 g/mol. The number of methoxy groups -OCH3 is 2. The number of benzene rings is 2. The molecule has 0 aliphatic rings. The molecular formula is C19H22N2O3. The maximum Gasteiger partial charge on any atom is 0.171 e. The zero-order chi connectivity index (χ0) is 16.8. The normalized spacial score (nSPS) is 10.9. The SMILES string of the molecule is COc1cc2onc(CCCNCc3ccccc3)c2cc1OC. The van der Waals surface area contributed by atoms with Gasteiger partial charge < -0.3 is 19.3 Å². The first-order valence-corrected chi connectivity index (χ1v) is 8.06. The van der Waals surface area contributed by atoms with Crippen molar-refractivity contribution in [1.82, 2.24) is 10.5 Å². The second-order valence-electron chi connectivity index (χ2n) is 5.60. The number of fused-ring (bicyclic) bond motifs is 1. The minimum Gasteiger partial charge on any atom is -0.493 e. The largest absolute Gasteiger partial charge is 0.493 e. The quantitative estimate of drug-likeness (QED) is 0.641. The maximum absolute atomic E-state index is 5.41. The van der Waals surface area contributed by atoms with E-state index in [2.05, 4.69) is 34.7 Å². The molecule has 0 radical (unpaired) electrons. The first-order chi connectivity index (χ1) is 11.8. The summed E-state index contributed by atoms with van der Waals surface area (Å²) in [6.07, 6.45) is 1.84. The molecule has 0 spiro atoms. The standard InChI is InChI=1S/C19H22N2O3/c1-22-18-11-15-16(21-24-17(15)12-19(18)23-2)9-6-10-20-13-14-7-4-3-5-8-14/h3-5,7-8,11-12,20H,6,9-10,13H2,1-2H3. The van der Waals surface area contributed by atoms with Crippen molar-refractivity contribution in [2.75, 3.05) is 20.8 Å². The minimum atomic E-state index is 0.650. The average Bonchev–Trinajstić information content (AvgIpc) is 3.03. The summed E-state index contributed by atoms with van der Waals surface area (Å²) < 4.78 is 16.1. The van der Waals surface area contributed by atoms with Gasteiger partial charge in [0.2, 0.25) is 0 Å². The van der Waals surface area contributed by atoms with Crippen LogP contribution in [0.25, 0.3) is 11.0 Å². The highest BCUT2D eigenvalue weighted by Crippen LogP contribution is 2.33. The van der Waals surface area contributed by atoms with Crippen LogP contribution in [0.15, 0.2) is 47.0 Å². The Morgan fingerprint density at radius 2 is 1.79 bits per heavy atom. The van der Waals surface area contributed by atoms with Crippen LogP contribution in [0.2, 0.25) is 0 Å². The van der Waals surface area contributed by atoms with Crippen molar-refractivity contribution in [2.45, 2.75) is 19.4 Å². The minimum absolute atomic E-state index is 0.650. The Balaban J connectivity index is 1.57. The second kappa shape index (κ2) is 7.84. The summed E-state index contributed by atoms with van der Waals surface area (Å²) >= 11 is 0. The molecule has 3 rings (SSSR count). The number of ether oxygens (including phenoxy) is 2. The van der Waals surface area contributed by atoms with E-state index in [1.807, 2.05) is 18.2 Å².